The lowest BCUT2D eigenvalue weighted by Gasteiger charge is -2.32. The minimum atomic E-state index is -0.227. The Morgan fingerprint density at radius 1 is 1.00 bits per heavy atom. The first-order chi connectivity index (χ1) is 14.5. The fourth-order valence-electron chi connectivity index (χ4n) is 4.22. The van der Waals surface area contributed by atoms with Crippen LogP contribution in [0.15, 0.2) is 24.3 Å². The molecule has 7 nitrogen and oxygen atoms in total. The average molecular weight is 415 g/mol. The number of carbonyl (C=O) groups is 3. The van der Waals surface area contributed by atoms with E-state index in [0.29, 0.717) is 26.1 Å². The molecule has 0 saturated carbocycles. The first-order valence-electron chi connectivity index (χ1n) is 11.2. The molecule has 2 aliphatic rings. The second kappa shape index (κ2) is 11.0. The Balaban J connectivity index is 1.42. The van der Waals surface area contributed by atoms with Crippen molar-refractivity contribution in [3.8, 4) is 0 Å². The van der Waals surface area contributed by atoms with Gasteiger partial charge in [-0.15, -0.1) is 0 Å². The van der Waals surface area contributed by atoms with Crippen molar-refractivity contribution in [3.63, 3.8) is 0 Å². The zero-order valence-corrected chi connectivity index (χ0v) is 18.0. The summed E-state index contributed by atoms with van der Waals surface area (Å²) >= 11 is 0. The third-order valence-electron chi connectivity index (χ3n) is 5.95. The molecule has 1 atom stereocenters. The molecule has 2 aliphatic heterocycles. The predicted molar refractivity (Wildman–Crippen MR) is 117 cm³/mol. The van der Waals surface area contributed by atoms with E-state index in [1.807, 2.05) is 36.1 Å². The second-order valence-electron chi connectivity index (χ2n) is 8.42. The van der Waals surface area contributed by atoms with Crippen LogP contribution in [0.5, 0.6) is 0 Å². The van der Waals surface area contributed by atoms with Crippen molar-refractivity contribution in [1.29, 1.82) is 0 Å². The molecule has 30 heavy (non-hydrogen) atoms. The molecule has 0 radical (unpaired) electrons. The van der Waals surface area contributed by atoms with Crippen molar-refractivity contribution in [3.05, 3.63) is 29.8 Å². The van der Waals surface area contributed by atoms with Crippen molar-refractivity contribution in [2.45, 2.75) is 51.9 Å². The highest BCUT2D eigenvalue weighted by Crippen LogP contribution is 2.19. The fourth-order valence-corrected chi connectivity index (χ4v) is 4.22. The van der Waals surface area contributed by atoms with Gasteiger partial charge >= 0.3 is 6.03 Å². The van der Waals surface area contributed by atoms with Crippen LogP contribution in [0.1, 0.15) is 50.5 Å². The number of rotatable bonds is 5. The maximum atomic E-state index is 12.6. The zero-order chi connectivity index (χ0) is 21.3. The fraction of sp³-hybridized carbons (Fsp3) is 0.609. The lowest BCUT2D eigenvalue weighted by Crippen LogP contribution is -2.47. The van der Waals surface area contributed by atoms with Gasteiger partial charge in [-0.3, -0.25) is 9.59 Å². The average Bonchev–Trinajstić information content (AvgIpc) is 3.03. The van der Waals surface area contributed by atoms with E-state index in [1.54, 1.807) is 4.90 Å². The molecule has 3 rings (SSSR count). The SMILES string of the molecule is Cc1cccc(NC(=O)N2CCCC(C(=O)NCCC(=O)N3CCCCCC3)C2)c1. The summed E-state index contributed by atoms with van der Waals surface area (Å²) in [6.07, 6.45) is 6.43. The molecule has 0 aromatic heterocycles. The van der Waals surface area contributed by atoms with Crippen molar-refractivity contribution < 1.29 is 14.4 Å². The van der Waals surface area contributed by atoms with Crippen molar-refractivity contribution in [2.75, 3.05) is 38.0 Å². The third kappa shape index (κ3) is 6.47. The lowest BCUT2D eigenvalue weighted by atomic mass is 9.97. The van der Waals surface area contributed by atoms with E-state index in [1.165, 1.54) is 12.8 Å². The third-order valence-corrected chi connectivity index (χ3v) is 5.95. The summed E-state index contributed by atoms with van der Waals surface area (Å²) in [5, 5.41) is 5.83. The molecule has 2 heterocycles. The van der Waals surface area contributed by atoms with E-state index in [-0.39, 0.29) is 23.8 Å². The smallest absolute Gasteiger partial charge is 0.321 e. The van der Waals surface area contributed by atoms with Crippen LogP contribution in [0.25, 0.3) is 0 Å². The minimum Gasteiger partial charge on any atom is -0.355 e. The highest BCUT2D eigenvalue weighted by molar-refractivity contribution is 5.90. The first kappa shape index (κ1) is 22.1. The Hall–Kier alpha value is -2.57. The van der Waals surface area contributed by atoms with Gasteiger partial charge in [0.2, 0.25) is 11.8 Å². The van der Waals surface area contributed by atoms with Crippen molar-refractivity contribution >= 4 is 23.5 Å². The first-order valence-corrected chi connectivity index (χ1v) is 11.2. The van der Waals surface area contributed by atoms with Crippen LogP contribution < -0.4 is 10.6 Å². The molecule has 2 fully saturated rings. The molecular weight excluding hydrogens is 380 g/mol. The predicted octanol–water partition coefficient (Wildman–Crippen LogP) is 3.15. The quantitative estimate of drug-likeness (QED) is 0.777. The van der Waals surface area contributed by atoms with Crippen LogP contribution in [0.2, 0.25) is 0 Å². The zero-order valence-electron chi connectivity index (χ0n) is 18.0. The number of benzene rings is 1. The molecule has 7 heteroatoms. The van der Waals surface area contributed by atoms with Crippen LogP contribution in [-0.2, 0) is 9.59 Å². The second-order valence-corrected chi connectivity index (χ2v) is 8.42. The van der Waals surface area contributed by atoms with Gasteiger partial charge < -0.3 is 20.4 Å². The number of aryl methyl sites for hydroxylation is 1. The molecule has 0 bridgehead atoms. The van der Waals surface area contributed by atoms with E-state index in [9.17, 15) is 14.4 Å². The lowest BCUT2D eigenvalue weighted by molar-refractivity contribution is -0.131. The van der Waals surface area contributed by atoms with Crippen LogP contribution in [-0.4, -0.2) is 60.4 Å². The number of carbonyl (C=O) groups excluding carboxylic acids is 3. The molecular formula is C23H34N4O3. The number of urea groups is 1. The number of nitrogens with zero attached hydrogens (tertiary/aromatic N) is 2. The number of anilines is 1. The summed E-state index contributed by atoms with van der Waals surface area (Å²) in [6, 6.07) is 7.50. The summed E-state index contributed by atoms with van der Waals surface area (Å²) in [7, 11) is 0. The number of likely N-dealkylation sites (tertiary alicyclic amines) is 2. The van der Waals surface area contributed by atoms with Gasteiger partial charge in [-0.2, -0.15) is 0 Å². The van der Waals surface area contributed by atoms with Crippen LogP contribution >= 0.6 is 0 Å². The van der Waals surface area contributed by atoms with Gasteiger partial charge in [0, 0.05) is 44.8 Å². The number of hydrogen-bond acceptors (Lipinski definition) is 3. The van der Waals surface area contributed by atoms with Crippen molar-refractivity contribution in [1.82, 2.24) is 15.1 Å². The number of nitrogens with one attached hydrogen (secondary N) is 2. The van der Waals surface area contributed by atoms with Gasteiger partial charge in [-0.05, 0) is 50.3 Å². The topological polar surface area (TPSA) is 81.8 Å². The summed E-state index contributed by atoms with van der Waals surface area (Å²) in [4.78, 5) is 41.2. The Kier molecular flexibility index (Phi) is 8.11. The maximum absolute atomic E-state index is 12.6. The Bertz CT molecular complexity index is 744. The Morgan fingerprint density at radius 3 is 2.47 bits per heavy atom. The van der Waals surface area contributed by atoms with Crippen LogP contribution in [0, 0.1) is 12.8 Å². The van der Waals surface area contributed by atoms with Gasteiger partial charge in [0.25, 0.3) is 0 Å². The summed E-state index contributed by atoms with van der Waals surface area (Å²) in [5.74, 6) is -0.165. The van der Waals surface area contributed by atoms with Gasteiger partial charge in [0.05, 0.1) is 5.92 Å². The van der Waals surface area contributed by atoms with Gasteiger partial charge in [0.15, 0.2) is 0 Å². The molecule has 0 aliphatic carbocycles. The van der Waals surface area contributed by atoms with Gasteiger partial charge in [-0.25, -0.2) is 4.79 Å². The number of amides is 4. The summed E-state index contributed by atoms with van der Waals surface area (Å²) in [6.45, 7) is 5.06. The van der Waals surface area contributed by atoms with Gasteiger partial charge in [0.1, 0.15) is 0 Å². The molecule has 1 aromatic rings. The number of piperidine rings is 1. The van der Waals surface area contributed by atoms with E-state index in [0.717, 1.165) is 50.0 Å². The standard InChI is InChI=1S/C23H34N4O3/c1-18-8-6-10-20(16-18)25-23(30)27-15-7-9-19(17-27)22(29)24-12-11-21(28)26-13-4-2-3-5-14-26/h6,8,10,16,19H,2-5,7,9,11-15,17H2,1H3,(H,24,29)(H,25,30). The molecule has 4 amide bonds. The summed E-state index contributed by atoms with van der Waals surface area (Å²) in [5.41, 5.74) is 1.84. The van der Waals surface area contributed by atoms with Crippen molar-refractivity contribution in [2.24, 2.45) is 5.92 Å². The van der Waals surface area contributed by atoms with E-state index in [4.69, 9.17) is 0 Å². The van der Waals surface area contributed by atoms with Gasteiger partial charge in [-0.1, -0.05) is 25.0 Å². The largest absolute Gasteiger partial charge is 0.355 e. The normalized spacial score (nSPS) is 19.7. The molecule has 1 unspecified atom stereocenters. The van der Waals surface area contributed by atoms with Crippen LogP contribution in [0.4, 0.5) is 10.5 Å². The van der Waals surface area contributed by atoms with E-state index >= 15 is 0 Å². The van der Waals surface area contributed by atoms with Crippen LogP contribution in [0.3, 0.4) is 0 Å². The molecule has 1 aromatic carbocycles. The number of hydrogen-bond donors (Lipinski definition) is 2. The molecule has 0 spiro atoms. The summed E-state index contributed by atoms with van der Waals surface area (Å²) < 4.78 is 0. The Morgan fingerprint density at radius 2 is 1.73 bits per heavy atom. The minimum absolute atomic E-state index is 0.0632. The highest BCUT2D eigenvalue weighted by Gasteiger charge is 2.28. The maximum Gasteiger partial charge on any atom is 0.321 e. The monoisotopic (exact) mass is 414 g/mol. The highest BCUT2D eigenvalue weighted by atomic mass is 16.2. The Labute approximate surface area is 179 Å². The molecule has 164 valence electrons. The van der Waals surface area contributed by atoms with E-state index < -0.39 is 0 Å². The molecule has 2 N–H and O–H groups in total. The molecule has 2 saturated heterocycles. The van der Waals surface area contributed by atoms with E-state index in [2.05, 4.69) is 10.6 Å².